The summed E-state index contributed by atoms with van der Waals surface area (Å²) < 4.78 is 0. The summed E-state index contributed by atoms with van der Waals surface area (Å²) in [7, 11) is 0. The number of aliphatic hydroxyl groups excluding tert-OH is 1. The normalized spacial score (nSPS) is 23.5. The summed E-state index contributed by atoms with van der Waals surface area (Å²) in [6, 6.07) is 0.662. The van der Waals surface area contributed by atoms with Crippen molar-refractivity contribution in [2.24, 2.45) is 0 Å². The number of hydrogen-bond acceptors (Lipinski definition) is 2. The van der Waals surface area contributed by atoms with Gasteiger partial charge in [-0.05, 0) is 19.8 Å². The Balaban J connectivity index is 2.14. The average molecular weight is 185 g/mol. The van der Waals surface area contributed by atoms with E-state index in [-0.39, 0.29) is 6.10 Å². The van der Waals surface area contributed by atoms with E-state index in [1.165, 1.54) is 44.9 Å². The molecule has 1 rings (SSSR count). The molecule has 1 aliphatic rings. The van der Waals surface area contributed by atoms with Gasteiger partial charge in [-0.3, -0.25) is 0 Å². The van der Waals surface area contributed by atoms with Gasteiger partial charge in [0, 0.05) is 12.6 Å². The van der Waals surface area contributed by atoms with E-state index in [9.17, 15) is 0 Å². The molecule has 0 saturated heterocycles. The number of aliphatic hydroxyl groups is 1. The fourth-order valence-electron chi connectivity index (χ4n) is 2.00. The predicted molar refractivity (Wildman–Crippen MR) is 55.8 cm³/mol. The van der Waals surface area contributed by atoms with Crippen molar-refractivity contribution in [3.8, 4) is 0 Å². The summed E-state index contributed by atoms with van der Waals surface area (Å²) in [5.41, 5.74) is 0. The molecule has 2 N–H and O–H groups in total. The van der Waals surface area contributed by atoms with Crippen LogP contribution < -0.4 is 5.32 Å². The summed E-state index contributed by atoms with van der Waals surface area (Å²) in [6.07, 6.45) is 9.32. The fraction of sp³-hybridized carbons (Fsp3) is 1.00. The maximum Gasteiger partial charge on any atom is 0.0636 e. The Kier molecular flexibility index (Phi) is 5.40. The highest BCUT2D eigenvalue weighted by molar-refractivity contribution is 4.70. The Morgan fingerprint density at radius 2 is 1.69 bits per heavy atom. The molecule has 0 aliphatic heterocycles. The second-order valence-electron chi connectivity index (χ2n) is 4.30. The summed E-state index contributed by atoms with van der Waals surface area (Å²) >= 11 is 0. The minimum absolute atomic E-state index is 0.203. The third-order valence-corrected chi connectivity index (χ3v) is 2.81. The van der Waals surface area contributed by atoms with E-state index >= 15 is 0 Å². The summed E-state index contributed by atoms with van der Waals surface area (Å²) in [5, 5.41) is 12.6. The predicted octanol–water partition coefficient (Wildman–Crippen LogP) is 2.07. The lowest BCUT2D eigenvalue weighted by atomic mass is 9.97. The van der Waals surface area contributed by atoms with Crippen LogP contribution in [0.3, 0.4) is 0 Å². The van der Waals surface area contributed by atoms with Crippen molar-refractivity contribution in [1.29, 1.82) is 0 Å². The van der Waals surface area contributed by atoms with E-state index in [1.807, 2.05) is 6.92 Å². The average Bonchev–Trinajstić information content (AvgIpc) is 2.01. The van der Waals surface area contributed by atoms with Gasteiger partial charge in [-0.15, -0.1) is 0 Å². The summed E-state index contributed by atoms with van der Waals surface area (Å²) in [5.74, 6) is 0. The van der Waals surface area contributed by atoms with Gasteiger partial charge in [0.05, 0.1) is 6.10 Å². The molecule has 0 unspecified atom stereocenters. The lowest BCUT2D eigenvalue weighted by Crippen LogP contribution is -2.34. The monoisotopic (exact) mass is 185 g/mol. The highest BCUT2D eigenvalue weighted by Gasteiger charge is 2.10. The molecule has 78 valence electrons. The topological polar surface area (TPSA) is 32.3 Å². The van der Waals surface area contributed by atoms with Crippen LogP contribution in [0.2, 0.25) is 0 Å². The third-order valence-electron chi connectivity index (χ3n) is 2.81. The van der Waals surface area contributed by atoms with Gasteiger partial charge < -0.3 is 10.4 Å². The molecule has 1 fully saturated rings. The molecule has 0 bridgehead atoms. The summed E-state index contributed by atoms with van der Waals surface area (Å²) in [6.45, 7) is 2.60. The smallest absolute Gasteiger partial charge is 0.0636 e. The van der Waals surface area contributed by atoms with Gasteiger partial charge in [0.25, 0.3) is 0 Å². The first-order valence-electron chi connectivity index (χ1n) is 5.70. The molecule has 0 amide bonds. The largest absolute Gasteiger partial charge is 0.392 e. The van der Waals surface area contributed by atoms with Gasteiger partial charge in [0.15, 0.2) is 0 Å². The number of nitrogens with one attached hydrogen (secondary N) is 1. The highest BCUT2D eigenvalue weighted by atomic mass is 16.3. The molecule has 13 heavy (non-hydrogen) atoms. The minimum Gasteiger partial charge on any atom is -0.392 e. The maximum atomic E-state index is 9.15. The maximum absolute atomic E-state index is 9.15. The van der Waals surface area contributed by atoms with E-state index in [0.29, 0.717) is 6.04 Å². The van der Waals surface area contributed by atoms with Gasteiger partial charge >= 0.3 is 0 Å². The Labute approximate surface area is 81.7 Å². The molecule has 1 saturated carbocycles. The Morgan fingerprint density at radius 1 is 1.15 bits per heavy atom. The first-order chi connectivity index (χ1) is 6.29. The Hall–Kier alpha value is -0.0800. The lowest BCUT2D eigenvalue weighted by molar-refractivity contribution is 0.182. The Bertz CT molecular complexity index is 117. The Morgan fingerprint density at radius 3 is 2.23 bits per heavy atom. The SMILES string of the molecule is C[C@@H](O)CNC1CCCCCCC1. The zero-order chi connectivity index (χ0) is 9.52. The molecule has 2 heteroatoms. The van der Waals surface area contributed by atoms with Gasteiger partial charge in [0.1, 0.15) is 0 Å². The number of hydrogen-bond donors (Lipinski definition) is 2. The van der Waals surface area contributed by atoms with E-state index in [0.717, 1.165) is 6.54 Å². The van der Waals surface area contributed by atoms with Gasteiger partial charge in [-0.25, -0.2) is 0 Å². The number of rotatable bonds is 3. The molecule has 1 aliphatic carbocycles. The van der Waals surface area contributed by atoms with E-state index < -0.39 is 0 Å². The van der Waals surface area contributed by atoms with Crippen molar-refractivity contribution in [1.82, 2.24) is 5.32 Å². The zero-order valence-corrected chi connectivity index (χ0v) is 8.76. The molecular formula is C11H23NO. The van der Waals surface area contributed by atoms with Crippen molar-refractivity contribution in [3.05, 3.63) is 0 Å². The van der Waals surface area contributed by atoms with E-state index in [4.69, 9.17) is 5.11 Å². The van der Waals surface area contributed by atoms with Gasteiger partial charge in [-0.1, -0.05) is 32.1 Å². The molecule has 0 radical (unpaired) electrons. The molecular weight excluding hydrogens is 162 g/mol. The van der Waals surface area contributed by atoms with Crippen molar-refractivity contribution < 1.29 is 5.11 Å². The van der Waals surface area contributed by atoms with Gasteiger partial charge in [-0.2, -0.15) is 0 Å². The van der Waals surface area contributed by atoms with Crippen molar-refractivity contribution in [2.45, 2.75) is 64.0 Å². The molecule has 0 aromatic carbocycles. The second-order valence-corrected chi connectivity index (χ2v) is 4.30. The lowest BCUT2D eigenvalue weighted by Gasteiger charge is -2.21. The van der Waals surface area contributed by atoms with Crippen LogP contribution in [0.4, 0.5) is 0 Å². The quantitative estimate of drug-likeness (QED) is 0.705. The minimum atomic E-state index is -0.203. The highest BCUT2D eigenvalue weighted by Crippen LogP contribution is 2.16. The van der Waals surface area contributed by atoms with Crippen molar-refractivity contribution in [2.75, 3.05) is 6.54 Å². The molecule has 0 aromatic rings. The molecule has 1 atom stereocenters. The van der Waals surface area contributed by atoms with Crippen LogP contribution in [-0.2, 0) is 0 Å². The van der Waals surface area contributed by atoms with Gasteiger partial charge in [0.2, 0.25) is 0 Å². The third kappa shape index (κ3) is 5.27. The first kappa shape index (κ1) is 11.0. The van der Waals surface area contributed by atoms with Crippen LogP contribution in [0.5, 0.6) is 0 Å². The van der Waals surface area contributed by atoms with Crippen LogP contribution in [0.1, 0.15) is 51.9 Å². The fourth-order valence-corrected chi connectivity index (χ4v) is 2.00. The zero-order valence-electron chi connectivity index (χ0n) is 8.76. The first-order valence-corrected chi connectivity index (χ1v) is 5.70. The van der Waals surface area contributed by atoms with Crippen molar-refractivity contribution >= 4 is 0 Å². The van der Waals surface area contributed by atoms with Crippen LogP contribution in [-0.4, -0.2) is 23.8 Å². The van der Waals surface area contributed by atoms with Crippen molar-refractivity contribution in [3.63, 3.8) is 0 Å². The van der Waals surface area contributed by atoms with Crippen LogP contribution >= 0.6 is 0 Å². The molecule has 0 spiro atoms. The van der Waals surface area contributed by atoms with E-state index in [2.05, 4.69) is 5.32 Å². The molecule has 2 nitrogen and oxygen atoms in total. The molecule has 0 aromatic heterocycles. The second kappa shape index (κ2) is 6.39. The standard InChI is InChI=1S/C11H23NO/c1-10(13)9-12-11-7-5-3-2-4-6-8-11/h10-13H,2-9H2,1H3/t10-/m1/s1. The van der Waals surface area contributed by atoms with Crippen LogP contribution in [0.15, 0.2) is 0 Å². The van der Waals surface area contributed by atoms with Crippen LogP contribution in [0.25, 0.3) is 0 Å². The van der Waals surface area contributed by atoms with E-state index in [1.54, 1.807) is 0 Å². The molecule has 0 heterocycles. The summed E-state index contributed by atoms with van der Waals surface area (Å²) in [4.78, 5) is 0. The van der Waals surface area contributed by atoms with Crippen LogP contribution in [0, 0.1) is 0 Å².